The van der Waals surface area contributed by atoms with Gasteiger partial charge in [0.2, 0.25) is 0 Å². The number of sulfone groups is 1. The van der Waals surface area contributed by atoms with E-state index in [1.807, 2.05) is 19.1 Å². The van der Waals surface area contributed by atoms with Gasteiger partial charge in [-0.3, -0.25) is 0 Å². The van der Waals surface area contributed by atoms with E-state index >= 15 is 0 Å². The van der Waals surface area contributed by atoms with Crippen molar-refractivity contribution in [1.29, 1.82) is 0 Å². The third-order valence-corrected chi connectivity index (χ3v) is 8.24. The van der Waals surface area contributed by atoms with E-state index in [0.717, 1.165) is 36.7 Å². The average molecular weight is 420 g/mol. The van der Waals surface area contributed by atoms with E-state index in [1.165, 1.54) is 31.9 Å². The molecule has 1 spiro atoms. The summed E-state index contributed by atoms with van der Waals surface area (Å²) < 4.78 is 29.8. The average Bonchev–Trinajstić information content (AvgIpc) is 3.31. The molecule has 0 aromatic heterocycles. The summed E-state index contributed by atoms with van der Waals surface area (Å²) in [7, 11) is -3.20. The van der Waals surface area contributed by atoms with E-state index in [1.54, 1.807) is 6.07 Å². The van der Waals surface area contributed by atoms with Crippen molar-refractivity contribution < 1.29 is 13.2 Å². The molecule has 6 nitrogen and oxygen atoms in total. The Labute approximate surface area is 174 Å². The van der Waals surface area contributed by atoms with E-state index in [-0.39, 0.29) is 5.41 Å². The summed E-state index contributed by atoms with van der Waals surface area (Å²) in [5.41, 5.74) is 2.07. The number of aliphatic imine (C=N–C) groups is 1. The number of benzene rings is 1. The van der Waals surface area contributed by atoms with E-state index in [9.17, 15) is 8.42 Å². The molecule has 29 heavy (non-hydrogen) atoms. The lowest BCUT2D eigenvalue weighted by Gasteiger charge is -2.57. The van der Waals surface area contributed by atoms with Crippen LogP contribution in [0.3, 0.4) is 0 Å². The number of fused-ring (bicyclic) bond motifs is 2. The molecule has 160 valence electrons. The van der Waals surface area contributed by atoms with E-state index in [2.05, 4.69) is 17.6 Å². The summed E-state index contributed by atoms with van der Waals surface area (Å²) in [5.74, 6) is 1.44. The quantitative estimate of drug-likeness (QED) is 0.567. The number of aryl methyl sites for hydroxylation is 1. The van der Waals surface area contributed by atoms with Crippen LogP contribution in [0.4, 0.5) is 0 Å². The second-order valence-corrected chi connectivity index (χ2v) is 10.9. The fourth-order valence-electron chi connectivity index (χ4n) is 5.77. The molecule has 1 saturated heterocycles. The van der Waals surface area contributed by atoms with Gasteiger partial charge in [0.1, 0.15) is 0 Å². The van der Waals surface area contributed by atoms with Crippen LogP contribution in [0.2, 0.25) is 0 Å². The molecular formula is C22H33N3O3S. The van der Waals surface area contributed by atoms with Gasteiger partial charge >= 0.3 is 0 Å². The van der Waals surface area contributed by atoms with Gasteiger partial charge in [-0.25, -0.2) is 13.4 Å². The third-order valence-electron chi connectivity index (χ3n) is 6.98. The number of hydrogen-bond acceptors (Lipinski definition) is 4. The number of nitrogens with one attached hydrogen (secondary N) is 2. The van der Waals surface area contributed by atoms with Gasteiger partial charge in [-0.2, -0.15) is 0 Å². The first-order valence-corrected chi connectivity index (χ1v) is 12.7. The van der Waals surface area contributed by atoms with Crippen LogP contribution < -0.4 is 10.6 Å². The lowest BCUT2D eigenvalue weighted by Crippen LogP contribution is -2.69. The Morgan fingerprint density at radius 2 is 2.07 bits per heavy atom. The maximum atomic E-state index is 11.8. The van der Waals surface area contributed by atoms with Crippen molar-refractivity contribution in [1.82, 2.24) is 10.6 Å². The molecule has 2 N–H and O–H groups in total. The Bertz CT molecular complexity index is 891. The van der Waals surface area contributed by atoms with Crippen LogP contribution in [-0.4, -0.2) is 45.9 Å². The van der Waals surface area contributed by atoms with Crippen LogP contribution in [0.25, 0.3) is 0 Å². The van der Waals surface area contributed by atoms with Gasteiger partial charge in [-0.05, 0) is 50.3 Å². The number of hydrogen-bond donors (Lipinski definition) is 2. The van der Waals surface area contributed by atoms with E-state index in [0.29, 0.717) is 29.5 Å². The molecule has 3 unspecified atom stereocenters. The molecule has 4 rings (SSSR count). The molecule has 0 radical (unpaired) electrons. The van der Waals surface area contributed by atoms with Gasteiger partial charge in [0.25, 0.3) is 0 Å². The molecule has 1 aromatic rings. The molecule has 7 heteroatoms. The molecule has 2 aliphatic carbocycles. The van der Waals surface area contributed by atoms with Gasteiger partial charge < -0.3 is 15.4 Å². The van der Waals surface area contributed by atoms with Crippen molar-refractivity contribution in [3.63, 3.8) is 0 Å². The highest BCUT2D eigenvalue weighted by Crippen LogP contribution is 2.60. The monoisotopic (exact) mass is 419 g/mol. The zero-order valence-electron chi connectivity index (χ0n) is 17.7. The zero-order valence-corrected chi connectivity index (χ0v) is 18.5. The van der Waals surface area contributed by atoms with Crippen molar-refractivity contribution in [3.8, 4) is 0 Å². The molecule has 3 atom stereocenters. The fraction of sp³-hybridized carbons (Fsp3) is 0.682. The Kier molecular flexibility index (Phi) is 5.64. The minimum atomic E-state index is -3.20. The van der Waals surface area contributed by atoms with Gasteiger partial charge in [0.05, 0.1) is 17.5 Å². The lowest BCUT2D eigenvalue weighted by molar-refractivity contribution is -0.125. The molecule has 2 saturated carbocycles. The molecule has 1 heterocycles. The summed E-state index contributed by atoms with van der Waals surface area (Å²) in [5, 5.41) is 7.13. The zero-order chi connectivity index (χ0) is 20.6. The van der Waals surface area contributed by atoms with Crippen LogP contribution in [0.15, 0.2) is 28.1 Å². The predicted molar refractivity (Wildman–Crippen MR) is 115 cm³/mol. The number of guanidine groups is 1. The maximum Gasteiger partial charge on any atom is 0.191 e. The van der Waals surface area contributed by atoms with Crippen molar-refractivity contribution in [3.05, 3.63) is 29.3 Å². The SMILES string of the molecule is CCNC(=NCc1ccc(S(C)(=O)=O)c(C)c1)NC1C2CCOC2C12CCCC2. The normalized spacial score (nSPS) is 28.2. The molecule has 3 aliphatic rings. The van der Waals surface area contributed by atoms with Crippen LogP contribution in [0.1, 0.15) is 50.2 Å². The largest absolute Gasteiger partial charge is 0.377 e. The van der Waals surface area contributed by atoms with E-state index < -0.39 is 9.84 Å². The van der Waals surface area contributed by atoms with Crippen molar-refractivity contribution in [2.24, 2.45) is 16.3 Å². The smallest absolute Gasteiger partial charge is 0.191 e. The highest BCUT2D eigenvalue weighted by molar-refractivity contribution is 7.90. The molecule has 3 fully saturated rings. The summed E-state index contributed by atoms with van der Waals surface area (Å²) in [6, 6.07) is 5.91. The molecular weight excluding hydrogens is 386 g/mol. The Morgan fingerprint density at radius 1 is 1.31 bits per heavy atom. The van der Waals surface area contributed by atoms with Gasteiger partial charge in [0.15, 0.2) is 15.8 Å². The fourth-order valence-corrected chi connectivity index (χ4v) is 6.73. The Hall–Kier alpha value is -1.60. The van der Waals surface area contributed by atoms with Crippen LogP contribution in [0, 0.1) is 18.3 Å². The second kappa shape index (κ2) is 7.91. The first-order valence-electron chi connectivity index (χ1n) is 10.8. The number of ether oxygens (including phenoxy) is 1. The standard InChI is InChI=1S/C22H33N3O3S/c1-4-23-21(24-14-16-7-8-18(15(2)13-16)29(3,26)27)25-19-17-9-12-28-20(17)22(19)10-5-6-11-22/h7-8,13,17,19-20H,4-6,9-12,14H2,1-3H3,(H2,23,24,25). The van der Waals surface area contributed by atoms with Gasteiger partial charge in [-0.15, -0.1) is 0 Å². The van der Waals surface area contributed by atoms with Crippen LogP contribution >= 0.6 is 0 Å². The van der Waals surface area contributed by atoms with Gasteiger partial charge in [-0.1, -0.05) is 25.0 Å². The summed E-state index contributed by atoms with van der Waals surface area (Å²) in [6.45, 7) is 6.13. The highest BCUT2D eigenvalue weighted by atomic mass is 32.2. The first kappa shape index (κ1) is 20.7. The maximum absolute atomic E-state index is 11.8. The highest BCUT2D eigenvalue weighted by Gasteiger charge is 2.65. The minimum Gasteiger partial charge on any atom is -0.377 e. The summed E-state index contributed by atoms with van der Waals surface area (Å²) >= 11 is 0. The molecule has 0 bridgehead atoms. The molecule has 1 aliphatic heterocycles. The number of rotatable bonds is 5. The van der Waals surface area contributed by atoms with Crippen LogP contribution in [0.5, 0.6) is 0 Å². The Morgan fingerprint density at radius 3 is 2.72 bits per heavy atom. The minimum absolute atomic E-state index is 0.283. The van der Waals surface area contributed by atoms with E-state index in [4.69, 9.17) is 9.73 Å². The third kappa shape index (κ3) is 3.79. The summed E-state index contributed by atoms with van der Waals surface area (Å²) in [6.07, 6.45) is 7.90. The van der Waals surface area contributed by atoms with Crippen LogP contribution in [-0.2, 0) is 21.1 Å². The van der Waals surface area contributed by atoms with Gasteiger partial charge in [0, 0.05) is 36.8 Å². The molecule has 0 amide bonds. The van der Waals surface area contributed by atoms with Crippen molar-refractivity contribution in [2.45, 2.75) is 69.5 Å². The second-order valence-electron chi connectivity index (χ2n) is 8.87. The lowest BCUT2D eigenvalue weighted by atomic mass is 9.54. The first-order chi connectivity index (χ1) is 13.8. The molecule has 1 aromatic carbocycles. The Balaban J connectivity index is 1.49. The van der Waals surface area contributed by atoms with Crippen molar-refractivity contribution >= 4 is 15.8 Å². The summed E-state index contributed by atoms with van der Waals surface area (Å²) in [4.78, 5) is 5.20. The predicted octanol–water partition coefficient (Wildman–Crippen LogP) is 2.80. The number of nitrogens with zero attached hydrogens (tertiary/aromatic N) is 1. The topological polar surface area (TPSA) is 79.8 Å². The van der Waals surface area contributed by atoms with Crippen molar-refractivity contribution in [2.75, 3.05) is 19.4 Å².